The second-order valence-electron chi connectivity index (χ2n) is 3.52. The van der Waals surface area contributed by atoms with Crippen LogP contribution in [0.3, 0.4) is 0 Å². The summed E-state index contributed by atoms with van der Waals surface area (Å²) in [6, 6.07) is 4.52. The molecule has 1 rings (SSSR count). The van der Waals surface area contributed by atoms with Gasteiger partial charge in [0.2, 0.25) is 0 Å². The summed E-state index contributed by atoms with van der Waals surface area (Å²) in [5.41, 5.74) is 0. The number of hydrogen-bond donors (Lipinski definition) is 0. The zero-order valence-electron chi connectivity index (χ0n) is 8.61. The van der Waals surface area contributed by atoms with Crippen LogP contribution in [0.25, 0.3) is 0 Å². The first kappa shape index (κ1) is 11.0. The Morgan fingerprint density at radius 1 is 1.21 bits per heavy atom. The summed E-state index contributed by atoms with van der Waals surface area (Å²) in [5.74, 6) is 0. The first-order valence-corrected chi connectivity index (χ1v) is 5.04. The van der Waals surface area contributed by atoms with E-state index in [2.05, 4.69) is 21.9 Å². The van der Waals surface area contributed by atoms with Gasteiger partial charge in [-0.15, -0.1) is 0 Å². The molecular weight excluding hydrogens is 176 g/mol. The van der Waals surface area contributed by atoms with Crippen LogP contribution in [0.1, 0.15) is 13.3 Å². The second kappa shape index (κ2) is 5.59. The van der Waals surface area contributed by atoms with Crippen molar-refractivity contribution in [2.45, 2.75) is 19.4 Å². The maximum absolute atomic E-state index is 8.89. The van der Waals surface area contributed by atoms with Crippen molar-refractivity contribution in [2.24, 2.45) is 0 Å². The fraction of sp³-hybridized carbons (Fsp3) is 0.800. The molecule has 1 atom stereocenters. The summed E-state index contributed by atoms with van der Waals surface area (Å²) >= 11 is 0. The molecule has 14 heavy (non-hydrogen) atoms. The fourth-order valence-corrected chi connectivity index (χ4v) is 1.76. The van der Waals surface area contributed by atoms with Crippen LogP contribution in [-0.4, -0.2) is 48.6 Å². The number of piperazine rings is 1. The molecule has 0 saturated carbocycles. The minimum absolute atomic E-state index is 0.0548. The van der Waals surface area contributed by atoms with E-state index in [1.54, 1.807) is 0 Å². The third-order valence-electron chi connectivity index (χ3n) is 2.68. The fourth-order valence-electron chi connectivity index (χ4n) is 1.76. The van der Waals surface area contributed by atoms with Crippen LogP contribution in [0.2, 0.25) is 0 Å². The third-order valence-corrected chi connectivity index (χ3v) is 2.68. The van der Waals surface area contributed by atoms with E-state index in [-0.39, 0.29) is 6.04 Å². The average Bonchev–Trinajstić information content (AvgIpc) is 2.23. The highest BCUT2D eigenvalue weighted by molar-refractivity contribution is 4.93. The molecule has 1 unspecified atom stereocenters. The Morgan fingerprint density at radius 2 is 1.86 bits per heavy atom. The van der Waals surface area contributed by atoms with E-state index in [1.165, 1.54) is 0 Å². The zero-order valence-corrected chi connectivity index (χ0v) is 8.61. The van der Waals surface area contributed by atoms with E-state index in [0.29, 0.717) is 6.54 Å². The van der Waals surface area contributed by atoms with Gasteiger partial charge < -0.3 is 0 Å². The van der Waals surface area contributed by atoms with Crippen molar-refractivity contribution in [3.63, 3.8) is 0 Å². The summed E-state index contributed by atoms with van der Waals surface area (Å²) in [7, 11) is 0. The van der Waals surface area contributed by atoms with Crippen LogP contribution in [0.4, 0.5) is 0 Å². The Hall–Kier alpha value is -1.10. The van der Waals surface area contributed by atoms with Crippen LogP contribution in [0.15, 0.2) is 0 Å². The van der Waals surface area contributed by atoms with Gasteiger partial charge in [-0.2, -0.15) is 10.5 Å². The van der Waals surface area contributed by atoms with Gasteiger partial charge in [-0.3, -0.25) is 9.80 Å². The molecule has 1 fully saturated rings. The molecule has 1 aliphatic rings. The molecule has 1 heterocycles. The Bertz CT molecular complexity index is 242. The molecule has 4 heteroatoms. The topological polar surface area (TPSA) is 54.1 Å². The van der Waals surface area contributed by atoms with Gasteiger partial charge in [-0.25, -0.2) is 0 Å². The van der Waals surface area contributed by atoms with Crippen molar-refractivity contribution in [3.8, 4) is 12.1 Å². The largest absolute Gasteiger partial charge is 0.288 e. The van der Waals surface area contributed by atoms with Gasteiger partial charge in [0, 0.05) is 26.2 Å². The summed E-state index contributed by atoms with van der Waals surface area (Å²) in [6.45, 7) is 6.19. The van der Waals surface area contributed by atoms with E-state index in [1.807, 2.05) is 6.92 Å². The molecule has 0 aromatic carbocycles. The SMILES string of the molecule is CCC(C#N)N1CCN(CC#N)CC1. The van der Waals surface area contributed by atoms with Gasteiger partial charge in [-0.1, -0.05) is 6.92 Å². The molecule has 0 aromatic rings. The smallest absolute Gasteiger partial charge is 0.0976 e. The molecule has 0 aliphatic carbocycles. The molecule has 1 aliphatic heterocycles. The molecule has 0 N–H and O–H groups in total. The normalized spacial score (nSPS) is 21.1. The Labute approximate surface area is 85.3 Å². The summed E-state index contributed by atoms with van der Waals surface area (Å²) in [5, 5.41) is 17.4. The van der Waals surface area contributed by atoms with E-state index in [4.69, 9.17) is 10.5 Å². The molecule has 76 valence electrons. The monoisotopic (exact) mass is 192 g/mol. The van der Waals surface area contributed by atoms with Gasteiger partial charge in [-0.05, 0) is 6.42 Å². The van der Waals surface area contributed by atoms with Crippen molar-refractivity contribution in [1.29, 1.82) is 10.5 Å². The first-order chi connectivity index (χ1) is 6.81. The Morgan fingerprint density at radius 3 is 2.29 bits per heavy atom. The lowest BCUT2D eigenvalue weighted by molar-refractivity contribution is 0.122. The first-order valence-electron chi connectivity index (χ1n) is 5.04. The molecular formula is C10H16N4. The van der Waals surface area contributed by atoms with Crippen molar-refractivity contribution in [2.75, 3.05) is 32.7 Å². The molecule has 1 saturated heterocycles. The van der Waals surface area contributed by atoms with Gasteiger partial charge in [0.05, 0.1) is 24.7 Å². The van der Waals surface area contributed by atoms with Crippen LogP contribution in [0.5, 0.6) is 0 Å². The van der Waals surface area contributed by atoms with Crippen LogP contribution in [-0.2, 0) is 0 Å². The number of nitriles is 2. The van der Waals surface area contributed by atoms with Crippen molar-refractivity contribution < 1.29 is 0 Å². The lowest BCUT2D eigenvalue weighted by Gasteiger charge is -2.35. The van der Waals surface area contributed by atoms with Crippen LogP contribution >= 0.6 is 0 Å². The quantitative estimate of drug-likeness (QED) is 0.608. The van der Waals surface area contributed by atoms with Gasteiger partial charge in [0.25, 0.3) is 0 Å². The highest BCUT2D eigenvalue weighted by Gasteiger charge is 2.21. The molecule has 0 bridgehead atoms. The molecule has 0 spiro atoms. The number of nitrogens with zero attached hydrogens (tertiary/aromatic N) is 4. The Balaban J connectivity index is 2.36. The standard InChI is InChI=1S/C10H16N4/c1-2-10(9-12)14-7-5-13(4-3-11)6-8-14/h10H,2,4-8H2,1H3. The zero-order chi connectivity index (χ0) is 10.4. The Kier molecular flexibility index (Phi) is 4.39. The summed E-state index contributed by atoms with van der Waals surface area (Å²) in [4.78, 5) is 4.33. The highest BCUT2D eigenvalue weighted by atomic mass is 15.3. The summed E-state index contributed by atoms with van der Waals surface area (Å²) in [6.07, 6.45) is 0.884. The van der Waals surface area contributed by atoms with Crippen LogP contribution < -0.4 is 0 Å². The van der Waals surface area contributed by atoms with Gasteiger partial charge >= 0.3 is 0 Å². The summed E-state index contributed by atoms with van der Waals surface area (Å²) < 4.78 is 0. The average molecular weight is 192 g/mol. The number of rotatable bonds is 3. The predicted octanol–water partition coefficient (Wildman–Crippen LogP) is 0.430. The van der Waals surface area contributed by atoms with E-state index in [9.17, 15) is 0 Å². The number of hydrogen-bond acceptors (Lipinski definition) is 4. The predicted molar refractivity (Wildman–Crippen MR) is 53.3 cm³/mol. The minimum Gasteiger partial charge on any atom is -0.288 e. The lowest BCUT2D eigenvalue weighted by Crippen LogP contribution is -2.49. The maximum Gasteiger partial charge on any atom is 0.0976 e. The van der Waals surface area contributed by atoms with Gasteiger partial charge in [0.15, 0.2) is 0 Å². The highest BCUT2D eigenvalue weighted by Crippen LogP contribution is 2.07. The molecule has 0 amide bonds. The second-order valence-corrected chi connectivity index (χ2v) is 3.52. The van der Waals surface area contributed by atoms with E-state index >= 15 is 0 Å². The van der Waals surface area contributed by atoms with Crippen molar-refractivity contribution in [1.82, 2.24) is 9.80 Å². The van der Waals surface area contributed by atoms with Crippen molar-refractivity contribution >= 4 is 0 Å². The van der Waals surface area contributed by atoms with Gasteiger partial charge in [0.1, 0.15) is 0 Å². The van der Waals surface area contributed by atoms with E-state index < -0.39 is 0 Å². The van der Waals surface area contributed by atoms with Crippen molar-refractivity contribution in [3.05, 3.63) is 0 Å². The molecule has 4 nitrogen and oxygen atoms in total. The minimum atomic E-state index is 0.0548. The molecule has 0 aromatic heterocycles. The third kappa shape index (κ3) is 2.70. The lowest BCUT2D eigenvalue weighted by atomic mass is 10.2. The molecule has 0 radical (unpaired) electrons. The van der Waals surface area contributed by atoms with E-state index in [0.717, 1.165) is 32.6 Å². The maximum atomic E-state index is 8.89. The van der Waals surface area contributed by atoms with Crippen LogP contribution in [0, 0.1) is 22.7 Å².